The average Bonchev–Trinajstić information content (AvgIpc) is 2.76. The van der Waals surface area contributed by atoms with E-state index in [1.807, 2.05) is 0 Å². The fraction of sp³-hybridized carbons (Fsp3) is 1.00. The molecule has 3 unspecified atom stereocenters. The maximum atomic E-state index is 5.50. The van der Waals surface area contributed by atoms with Gasteiger partial charge in [0.25, 0.3) is 0 Å². The normalized spacial score (nSPS) is 40.4. The van der Waals surface area contributed by atoms with Gasteiger partial charge in [-0.2, -0.15) is 0 Å². The van der Waals surface area contributed by atoms with Crippen LogP contribution in [0.2, 0.25) is 0 Å². The topological polar surface area (TPSA) is 24.5 Å². The standard InChI is InChI=1S/C14H28N2O/c1-4-14(3)11-16(12(2)5-7-15-14)9-13-6-8-17-10-13/h12-13,15H,4-11H2,1-3H3. The van der Waals surface area contributed by atoms with Crippen molar-refractivity contribution in [3.05, 3.63) is 0 Å². The van der Waals surface area contributed by atoms with Crippen LogP contribution in [-0.2, 0) is 4.74 Å². The van der Waals surface area contributed by atoms with Gasteiger partial charge in [0.05, 0.1) is 6.61 Å². The SMILES string of the molecule is CCC1(C)CN(CC2CCOC2)C(C)CCN1. The summed E-state index contributed by atoms with van der Waals surface area (Å²) in [6, 6.07) is 0.705. The van der Waals surface area contributed by atoms with Crippen LogP contribution >= 0.6 is 0 Å². The molecule has 0 aromatic rings. The summed E-state index contributed by atoms with van der Waals surface area (Å²) < 4.78 is 5.50. The highest BCUT2D eigenvalue weighted by molar-refractivity contribution is 4.91. The van der Waals surface area contributed by atoms with Crippen LogP contribution in [-0.4, -0.2) is 49.3 Å². The Morgan fingerprint density at radius 1 is 1.41 bits per heavy atom. The van der Waals surface area contributed by atoms with Crippen molar-refractivity contribution in [1.82, 2.24) is 10.2 Å². The zero-order valence-electron chi connectivity index (χ0n) is 11.7. The molecule has 2 fully saturated rings. The summed E-state index contributed by atoms with van der Waals surface area (Å²) in [5.74, 6) is 0.761. The van der Waals surface area contributed by atoms with Crippen LogP contribution in [0.3, 0.4) is 0 Å². The van der Waals surface area contributed by atoms with Crippen molar-refractivity contribution in [1.29, 1.82) is 0 Å². The average molecular weight is 240 g/mol. The van der Waals surface area contributed by atoms with Crippen LogP contribution in [0.4, 0.5) is 0 Å². The van der Waals surface area contributed by atoms with Gasteiger partial charge < -0.3 is 10.1 Å². The molecule has 1 N–H and O–H groups in total. The summed E-state index contributed by atoms with van der Waals surface area (Å²) in [5, 5.41) is 3.72. The number of nitrogens with one attached hydrogen (secondary N) is 1. The molecule has 2 saturated heterocycles. The molecule has 3 atom stereocenters. The summed E-state index contributed by atoms with van der Waals surface area (Å²) in [4.78, 5) is 2.68. The molecule has 3 heteroatoms. The third-order valence-electron chi connectivity index (χ3n) is 4.59. The number of rotatable bonds is 3. The van der Waals surface area contributed by atoms with E-state index in [9.17, 15) is 0 Å². The molecule has 2 heterocycles. The van der Waals surface area contributed by atoms with Crippen LogP contribution in [0, 0.1) is 5.92 Å². The molecule has 100 valence electrons. The zero-order chi connectivity index (χ0) is 12.3. The van der Waals surface area contributed by atoms with E-state index in [0.717, 1.165) is 25.7 Å². The fourth-order valence-electron chi connectivity index (χ4n) is 2.97. The first-order valence-electron chi connectivity index (χ1n) is 7.20. The minimum Gasteiger partial charge on any atom is -0.381 e. The largest absolute Gasteiger partial charge is 0.381 e. The highest BCUT2D eigenvalue weighted by Crippen LogP contribution is 2.22. The summed E-state index contributed by atoms with van der Waals surface area (Å²) in [6.45, 7) is 12.5. The van der Waals surface area contributed by atoms with Crippen LogP contribution in [0.1, 0.15) is 40.0 Å². The maximum Gasteiger partial charge on any atom is 0.0507 e. The molecule has 0 aromatic heterocycles. The van der Waals surface area contributed by atoms with Crippen molar-refractivity contribution in [2.75, 3.05) is 32.8 Å². The van der Waals surface area contributed by atoms with Crippen molar-refractivity contribution in [2.24, 2.45) is 5.92 Å². The lowest BCUT2D eigenvalue weighted by Gasteiger charge is -2.36. The maximum absolute atomic E-state index is 5.50. The van der Waals surface area contributed by atoms with E-state index >= 15 is 0 Å². The lowest BCUT2D eigenvalue weighted by molar-refractivity contribution is 0.131. The van der Waals surface area contributed by atoms with Crippen LogP contribution in [0.15, 0.2) is 0 Å². The van der Waals surface area contributed by atoms with Crippen molar-refractivity contribution in [2.45, 2.75) is 51.6 Å². The number of nitrogens with zero attached hydrogens (tertiary/aromatic N) is 1. The Morgan fingerprint density at radius 3 is 2.88 bits per heavy atom. The lowest BCUT2D eigenvalue weighted by atomic mass is 9.97. The third-order valence-corrected chi connectivity index (χ3v) is 4.59. The van der Waals surface area contributed by atoms with E-state index in [2.05, 4.69) is 31.0 Å². The molecule has 3 nitrogen and oxygen atoms in total. The molecule has 0 spiro atoms. The monoisotopic (exact) mass is 240 g/mol. The summed E-state index contributed by atoms with van der Waals surface area (Å²) in [5.41, 5.74) is 0.296. The van der Waals surface area contributed by atoms with E-state index in [0.29, 0.717) is 11.6 Å². The van der Waals surface area contributed by atoms with Crippen LogP contribution < -0.4 is 5.32 Å². The molecule has 0 aromatic carbocycles. The van der Waals surface area contributed by atoms with Crippen molar-refractivity contribution in [3.63, 3.8) is 0 Å². The molecule has 2 aliphatic heterocycles. The second-order valence-electron chi connectivity index (χ2n) is 6.14. The Balaban J connectivity index is 1.96. The molecule has 17 heavy (non-hydrogen) atoms. The Morgan fingerprint density at radius 2 is 2.24 bits per heavy atom. The first-order chi connectivity index (χ1) is 8.13. The van der Waals surface area contributed by atoms with Crippen molar-refractivity contribution < 1.29 is 4.74 Å². The van der Waals surface area contributed by atoms with Gasteiger partial charge in [0.2, 0.25) is 0 Å². The van der Waals surface area contributed by atoms with Crippen LogP contribution in [0.5, 0.6) is 0 Å². The minimum absolute atomic E-state index is 0.296. The highest BCUT2D eigenvalue weighted by atomic mass is 16.5. The second-order valence-corrected chi connectivity index (χ2v) is 6.14. The highest BCUT2D eigenvalue weighted by Gasteiger charge is 2.32. The lowest BCUT2D eigenvalue weighted by Crippen LogP contribution is -2.50. The van der Waals surface area contributed by atoms with Crippen molar-refractivity contribution >= 4 is 0 Å². The van der Waals surface area contributed by atoms with Gasteiger partial charge in [-0.1, -0.05) is 6.92 Å². The third kappa shape index (κ3) is 3.43. The first-order valence-corrected chi connectivity index (χ1v) is 7.20. The van der Waals surface area contributed by atoms with Gasteiger partial charge in [-0.05, 0) is 45.6 Å². The van der Waals surface area contributed by atoms with E-state index in [1.165, 1.54) is 32.4 Å². The fourth-order valence-corrected chi connectivity index (χ4v) is 2.97. The predicted octanol–water partition coefficient (Wildman–Crippen LogP) is 1.88. The van der Waals surface area contributed by atoms with Gasteiger partial charge in [0.1, 0.15) is 0 Å². The summed E-state index contributed by atoms with van der Waals surface area (Å²) in [6.07, 6.45) is 3.72. The number of hydrogen-bond acceptors (Lipinski definition) is 3. The summed E-state index contributed by atoms with van der Waals surface area (Å²) >= 11 is 0. The molecule has 2 aliphatic rings. The van der Waals surface area contributed by atoms with Gasteiger partial charge in [-0.15, -0.1) is 0 Å². The molecular formula is C14H28N2O. The Kier molecular flexibility index (Phi) is 4.45. The van der Waals surface area contributed by atoms with E-state index in [-0.39, 0.29) is 0 Å². The molecule has 0 bridgehead atoms. The smallest absolute Gasteiger partial charge is 0.0507 e. The summed E-state index contributed by atoms with van der Waals surface area (Å²) in [7, 11) is 0. The van der Waals surface area contributed by atoms with Gasteiger partial charge in [0.15, 0.2) is 0 Å². The second kappa shape index (κ2) is 5.68. The quantitative estimate of drug-likeness (QED) is 0.815. The molecule has 0 saturated carbocycles. The first kappa shape index (κ1) is 13.3. The van der Waals surface area contributed by atoms with E-state index in [1.54, 1.807) is 0 Å². The van der Waals surface area contributed by atoms with Crippen LogP contribution in [0.25, 0.3) is 0 Å². The minimum atomic E-state index is 0.296. The van der Waals surface area contributed by atoms with Gasteiger partial charge in [-0.25, -0.2) is 0 Å². The molecule has 0 amide bonds. The number of hydrogen-bond donors (Lipinski definition) is 1. The van der Waals surface area contributed by atoms with Gasteiger partial charge in [-0.3, -0.25) is 4.90 Å². The Labute approximate surface area is 106 Å². The molecule has 0 radical (unpaired) electrons. The van der Waals surface area contributed by atoms with E-state index < -0.39 is 0 Å². The zero-order valence-corrected chi connectivity index (χ0v) is 11.7. The Bertz CT molecular complexity index is 240. The molecule has 2 rings (SSSR count). The number of ether oxygens (including phenoxy) is 1. The van der Waals surface area contributed by atoms with Crippen molar-refractivity contribution in [3.8, 4) is 0 Å². The molecular weight excluding hydrogens is 212 g/mol. The predicted molar refractivity (Wildman–Crippen MR) is 71.3 cm³/mol. The van der Waals surface area contributed by atoms with Gasteiger partial charge in [0, 0.05) is 31.3 Å². The van der Waals surface area contributed by atoms with E-state index in [4.69, 9.17) is 4.74 Å². The molecule has 0 aliphatic carbocycles. The Hall–Kier alpha value is -0.120. The van der Waals surface area contributed by atoms with Gasteiger partial charge >= 0.3 is 0 Å².